The first-order chi connectivity index (χ1) is 8.69. The molecule has 1 aromatic heterocycles. The second-order valence-corrected chi connectivity index (χ2v) is 4.47. The Bertz CT molecular complexity index is 524. The predicted octanol–water partition coefficient (Wildman–Crippen LogP) is 2.18. The summed E-state index contributed by atoms with van der Waals surface area (Å²) in [7, 11) is 2.11. The topological polar surface area (TPSA) is 54.2 Å². The van der Waals surface area contributed by atoms with Crippen LogP contribution in [0.3, 0.4) is 0 Å². The van der Waals surface area contributed by atoms with Gasteiger partial charge < -0.3 is 16.0 Å². The number of nitrogens with one attached hydrogen (secondary N) is 1. The van der Waals surface area contributed by atoms with E-state index in [1.165, 1.54) is 0 Å². The van der Waals surface area contributed by atoms with Crippen LogP contribution in [0, 0.1) is 0 Å². The monoisotopic (exact) mass is 244 g/mol. The molecule has 2 rings (SSSR count). The number of nitrogens with zero attached hydrogens (tertiary/aromatic N) is 2. The number of pyridine rings is 1. The van der Waals surface area contributed by atoms with Gasteiger partial charge in [-0.3, -0.25) is 0 Å². The van der Waals surface area contributed by atoms with Crippen LogP contribution in [0.25, 0.3) is 10.9 Å². The Morgan fingerprint density at radius 3 is 2.89 bits per heavy atom. The van der Waals surface area contributed by atoms with Gasteiger partial charge in [-0.1, -0.05) is 6.92 Å². The predicted molar refractivity (Wildman–Crippen MR) is 77.8 cm³/mol. The molecule has 1 heterocycles. The van der Waals surface area contributed by atoms with Crippen molar-refractivity contribution in [1.82, 2.24) is 9.88 Å². The summed E-state index contributed by atoms with van der Waals surface area (Å²) in [5, 5.41) is 4.41. The minimum Gasteiger partial charge on any atom is -0.399 e. The zero-order valence-corrected chi connectivity index (χ0v) is 11.0. The van der Waals surface area contributed by atoms with Crippen LogP contribution in [-0.2, 0) is 0 Å². The highest BCUT2D eigenvalue weighted by molar-refractivity contribution is 5.83. The molecule has 0 bridgehead atoms. The lowest BCUT2D eigenvalue weighted by molar-refractivity contribution is 0.367. The van der Waals surface area contributed by atoms with E-state index in [0.717, 1.165) is 42.0 Å². The van der Waals surface area contributed by atoms with Crippen molar-refractivity contribution in [3.05, 3.63) is 30.3 Å². The van der Waals surface area contributed by atoms with Gasteiger partial charge in [-0.25, -0.2) is 4.98 Å². The van der Waals surface area contributed by atoms with Gasteiger partial charge in [0.15, 0.2) is 0 Å². The standard InChI is InChI=1S/C14H20N4/c1-3-18(2)9-8-16-14-7-4-11-10-12(15)5-6-13(11)17-14/h4-7,10H,3,8-9,15H2,1-2H3,(H,16,17). The van der Waals surface area contributed by atoms with Crippen LogP contribution in [0.2, 0.25) is 0 Å². The number of benzene rings is 1. The van der Waals surface area contributed by atoms with Crippen molar-refractivity contribution in [2.75, 3.05) is 37.7 Å². The number of nitrogens with two attached hydrogens (primary N) is 1. The maximum Gasteiger partial charge on any atom is 0.126 e. The zero-order valence-electron chi connectivity index (χ0n) is 11.0. The number of nitrogen functional groups attached to an aromatic ring is 1. The van der Waals surface area contributed by atoms with Crippen LogP contribution < -0.4 is 11.1 Å². The summed E-state index contributed by atoms with van der Waals surface area (Å²) in [6.45, 7) is 5.13. The van der Waals surface area contributed by atoms with E-state index < -0.39 is 0 Å². The lowest BCUT2D eigenvalue weighted by atomic mass is 10.2. The highest BCUT2D eigenvalue weighted by Gasteiger charge is 1.99. The van der Waals surface area contributed by atoms with Crippen molar-refractivity contribution >= 4 is 22.4 Å². The third-order valence-corrected chi connectivity index (χ3v) is 3.05. The number of likely N-dealkylation sites (N-methyl/N-ethyl adjacent to an activating group) is 1. The molecule has 0 atom stereocenters. The van der Waals surface area contributed by atoms with E-state index in [1.54, 1.807) is 0 Å². The van der Waals surface area contributed by atoms with Gasteiger partial charge >= 0.3 is 0 Å². The molecule has 4 nitrogen and oxygen atoms in total. The zero-order chi connectivity index (χ0) is 13.0. The Morgan fingerprint density at radius 2 is 2.11 bits per heavy atom. The molecule has 2 aromatic rings. The molecule has 4 heteroatoms. The third-order valence-electron chi connectivity index (χ3n) is 3.05. The average Bonchev–Trinajstić information content (AvgIpc) is 2.38. The summed E-state index contributed by atoms with van der Waals surface area (Å²) in [5.41, 5.74) is 7.48. The van der Waals surface area contributed by atoms with Gasteiger partial charge in [-0.15, -0.1) is 0 Å². The molecule has 0 spiro atoms. The molecular weight excluding hydrogens is 224 g/mol. The van der Waals surface area contributed by atoms with Gasteiger partial charge in [-0.05, 0) is 43.9 Å². The van der Waals surface area contributed by atoms with E-state index in [9.17, 15) is 0 Å². The van der Waals surface area contributed by atoms with Gasteiger partial charge in [0.2, 0.25) is 0 Å². The van der Waals surface area contributed by atoms with Crippen molar-refractivity contribution in [3.63, 3.8) is 0 Å². The van der Waals surface area contributed by atoms with Gasteiger partial charge in [0, 0.05) is 24.2 Å². The van der Waals surface area contributed by atoms with E-state index in [4.69, 9.17) is 5.73 Å². The smallest absolute Gasteiger partial charge is 0.126 e. The van der Waals surface area contributed by atoms with E-state index in [1.807, 2.05) is 30.3 Å². The van der Waals surface area contributed by atoms with Gasteiger partial charge in [0.05, 0.1) is 5.52 Å². The summed E-state index contributed by atoms with van der Waals surface area (Å²) in [6, 6.07) is 9.81. The minimum absolute atomic E-state index is 0.773. The van der Waals surface area contributed by atoms with Crippen LogP contribution in [0.4, 0.5) is 11.5 Å². The highest BCUT2D eigenvalue weighted by atomic mass is 15.1. The van der Waals surface area contributed by atoms with Gasteiger partial charge in [-0.2, -0.15) is 0 Å². The highest BCUT2D eigenvalue weighted by Crippen LogP contribution is 2.17. The fourth-order valence-corrected chi connectivity index (χ4v) is 1.78. The van der Waals surface area contributed by atoms with Crippen LogP contribution in [0.15, 0.2) is 30.3 Å². The summed E-state index contributed by atoms with van der Waals surface area (Å²) in [4.78, 5) is 6.81. The number of rotatable bonds is 5. The Kier molecular flexibility index (Phi) is 3.99. The van der Waals surface area contributed by atoms with Crippen molar-refractivity contribution in [3.8, 4) is 0 Å². The van der Waals surface area contributed by atoms with E-state index in [-0.39, 0.29) is 0 Å². The first-order valence-electron chi connectivity index (χ1n) is 6.27. The molecule has 0 amide bonds. The fourth-order valence-electron chi connectivity index (χ4n) is 1.78. The maximum absolute atomic E-state index is 5.74. The van der Waals surface area contributed by atoms with Crippen molar-refractivity contribution in [1.29, 1.82) is 0 Å². The van der Waals surface area contributed by atoms with E-state index in [2.05, 4.69) is 29.2 Å². The molecule has 0 fully saturated rings. The molecule has 0 aliphatic heterocycles. The summed E-state index contributed by atoms with van der Waals surface area (Å²) in [6.07, 6.45) is 0. The van der Waals surface area contributed by atoms with E-state index in [0.29, 0.717) is 0 Å². The second kappa shape index (κ2) is 5.69. The van der Waals surface area contributed by atoms with E-state index >= 15 is 0 Å². The molecule has 0 aliphatic rings. The lowest BCUT2D eigenvalue weighted by Crippen LogP contribution is -2.24. The first kappa shape index (κ1) is 12.6. The summed E-state index contributed by atoms with van der Waals surface area (Å²) >= 11 is 0. The van der Waals surface area contributed by atoms with Gasteiger partial charge in [0.25, 0.3) is 0 Å². The SMILES string of the molecule is CCN(C)CCNc1ccc2cc(N)ccc2n1. The molecule has 0 radical (unpaired) electrons. The van der Waals surface area contributed by atoms with Crippen LogP contribution >= 0.6 is 0 Å². The number of anilines is 2. The first-order valence-corrected chi connectivity index (χ1v) is 6.27. The third kappa shape index (κ3) is 3.11. The Hall–Kier alpha value is -1.81. The Balaban J connectivity index is 2.04. The quantitative estimate of drug-likeness (QED) is 0.792. The molecule has 0 saturated heterocycles. The number of aromatic nitrogens is 1. The van der Waals surface area contributed by atoms with Gasteiger partial charge in [0.1, 0.15) is 5.82 Å². The Labute approximate surface area is 108 Å². The van der Waals surface area contributed by atoms with Crippen LogP contribution in [0.5, 0.6) is 0 Å². The second-order valence-electron chi connectivity index (χ2n) is 4.47. The largest absolute Gasteiger partial charge is 0.399 e. The van der Waals surface area contributed by atoms with Crippen LogP contribution in [-0.4, -0.2) is 36.6 Å². The lowest BCUT2D eigenvalue weighted by Gasteiger charge is -2.14. The van der Waals surface area contributed by atoms with Crippen LogP contribution in [0.1, 0.15) is 6.92 Å². The van der Waals surface area contributed by atoms with Crippen molar-refractivity contribution in [2.24, 2.45) is 0 Å². The molecule has 0 saturated carbocycles. The normalized spacial score (nSPS) is 11.1. The van der Waals surface area contributed by atoms with Crippen molar-refractivity contribution < 1.29 is 0 Å². The molecule has 3 N–H and O–H groups in total. The number of fused-ring (bicyclic) bond motifs is 1. The van der Waals surface area contributed by atoms with Crippen molar-refractivity contribution in [2.45, 2.75) is 6.92 Å². The molecule has 18 heavy (non-hydrogen) atoms. The molecule has 1 aromatic carbocycles. The average molecular weight is 244 g/mol. The molecule has 0 unspecified atom stereocenters. The minimum atomic E-state index is 0.773. The molecule has 0 aliphatic carbocycles. The molecular formula is C14H20N4. The molecule has 96 valence electrons. The number of hydrogen-bond donors (Lipinski definition) is 2. The summed E-state index contributed by atoms with van der Waals surface area (Å²) < 4.78 is 0. The fraction of sp³-hybridized carbons (Fsp3) is 0.357. The summed E-state index contributed by atoms with van der Waals surface area (Å²) in [5.74, 6) is 0.914. The maximum atomic E-state index is 5.74. The Morgan fingerprint density at radius 1 is 1.28 bits per heavy atom. The number of hydrogen-bond acceptors (Lipinski definition) is 4.